The maximum absolute atomic E-state index is 12.5. The summed E-state index contributed by atoms with van der Waals surface area (Å²) in [5.74, 6) is 1.70. The number of nitrogens with one attached hydrogen (secondary N) is 1. The molecule has 0 aromatic heterocycles. The molecule has 0 radical (unpaired) electrons. The fraction of sp³-hybridized carbons (Fsp3) is 0.562. The van der Waals surface area contributed by atoms with Crippen molar-refractivity contribution in [1.82, 2.24) is 5.32 Å². The summed E-state index contributed by atoms with van der Waals surface area (Å²) in [6.07, 6.45) is 3.30. The van der Waals surface area contributed by atoms with Crippen molar-refractivity contribution >= 4 is 11.6 Å². The van der Waals surface area contributed by atoms with Gasteiger partial charge in [0.1, 0.15) is 11.3 Å². The first kappa shape index (κ1) is 14.7. The molecule has 0 aliphatic heterocycles. The lowest BCUT2D eigenvalue weighted by molar-refractivity contribution is 0.0909. The minimum atomic E-state index is -0.133. The summed E-state index contributed by atoms with van der Waals surface area (Å²) in [5, 5.41) is 3.11. The number of amides is 1. The van der Waals surface area contributed by atoms with Crippen LogP contribution in [-0.4, -0.2) is 19.1 Å². The zero-order chi connectivity index (χ0) is 14.7. The fourth-order valence-electron chi connectivity index (χ4n) is 3.28. The summed E-state index contributed by atoms with van der Waals surface area (Å²) in [7, 11) is 1.55. The van der Waals surface area contributed by atoms with Crippen molar-refractivity contribution in [3.05, 3.63) is 23.8 Å². The molecule has 2 rings (SSSR count). The van der Waals surface area contributed by atoms with E-state index in [4.69, 9.17) is 10.5 Å². The number of nitrogens with two attached hydrogens (primary N) is 1. The first-order valence-electron chi connectivity index (χ1n) is 7.24. The van der Waals surface area contributed by atoms with Crippen LogP contribution in [0.15, 0.2) is 18.2 Å². The minimum Gasteiger partial charge on any atom is -0.496 e. The second-order valence-electron chi connectivity index (χ2n) is 6.01. The van der Waals surface area contributed by atoms with Gasteiger partial charge in [-0.15, -0.1) is 0 Å². The minimum absolute atomic E-state index is 0.133. The molecule has 3 N–H and O–H groups in total. The van der Waals surface area contributed by atoms with Crippen LogP contribution in [-0.2, 0) is 0 Å². The molecule has 2 unspecified atom stereocenters. The van der Waals surface area contributed by atoms with E-state index in [1.807, 2.05) is 0 Å². The third kappa shape index (κ3) is 3.24. The van der Waals surface area contributed by atoms with Gasteiger partial charge >= 0.3 is 0 Å². The molecule has 0 bridgehead atoms. The van der Waals surface area contributed by atoms with Crippen LogP contribution in [0.1, 0.15) is 43.5 Å². The van der Waals surface area contributed by atoms with Gasteiger partial charge in [-0.2, -0.15) is 0 Å². The Kier molecular flexibility index (Phi) is 4.53. The largest absolute Gasteiger partial charge is 0.496 e. The van der Waals surface area contributed by atoms with Crippen molar-refractivity contribution in [3.63, 3.8) is 0 Å². The van der Waals surface area contributed by atoms with Crippen LogP contribution in [0.3, 0.4) is 0 Å². The number of rotatable bonds is 3. The zero-order valence-corrected chi connectivity index (χ0v) is 12.5. The smallest absolute Gasteiger partial charge is 0.257 e. The van der Waals surface area contributed by atoms with Gasteiger partial charge in [0.05, 0.1) is 7.11 Å². The molecule has 0 saturated heterocycles. The van der Waals surface area contributed by atoms with Gasteiger partial charge in [0.25, 0.3) is 5.91 Å². The average Bonchev–Trinajstić information content (AvgIpc) is 2.36. The standard InChI is InChI=1S/C16H24N2O2/c1-10-7-11(2)9-12(8-10)18-16(19)15-13(17)5-4-6-14(15)20-3/h4-6,10-12H,7-9,17H2,1-3H3,(H,18,19). The topological polar surface area (TPSA) is 64.3 Å². The van der Waals surface area contributed by atoms with Crippen LogP contribution < -0.4 is 15.8 Å². The monoisotopic (exact) mass is 276 g/mol. The number of hydrogen-bond donors (Lipinski definition) is 2. The van der Waals surface area contributed by atoms with Crippen LogP contribution in [0, 0.1) is 11.8 Å². The van der Waals surface area contributed by atoms with E-state index in [0.29, 0.717) is 28.8 Å². The number of methoxy groups -OCH3 is 1. The van der Waals surface area contributed by atoms with Crippen molar-refractivity contribution in [2.45, 2.75) is 39.2 Å². The number of carbonyl (C=O) groups is 1. The van der Waals surface area contributed by atoms with Gasteiger partial charge in [-0.25, -0.2) is 0 Å². The number of benzene rings is 1. The molecule has 4 heteroatoms. The SMILES string of the molecule is COc1cccc(N)c1C(=O)NC1CC(C)CC(C)C1. The number of ether oxygens (including phenoxy) is 1. The molecule has 1 aliphatic carbocycles. The Morgan fingerprint density at radius 2 is 1.90 bits per heavy atom. The molecular formula is C16H24N2O2. The van der Waals surface area contributed by atoms with E-state index in [1.165, 1.54) is 6.42 Å². The van der Waals surface area contributed by atoms with E-state index >= 15 is 0 Å². The lowest BCUT2D eigenvalue weighted by atomic mass is 9.80. The second kappa shape index (κ2) is 6.16. The summed E-state index contributed by atoms with van der Waals surface area (Å²) in [6.45, 7) is 4.48. The van der Waals surface area contributed by atoms with Gasteiger partial charge in [0.15, 0.2) is 0 Å². The first-order valence-corrected chi connectivity index (χ1v) is 7.24. The van der Waals surface area contributed by atoms with Crippen LogP contribution in [0.2, 0.25) is 0 Å². The maximum Gasteiger partial charge on any atom is 0.257 e. The van der Waals surface area contributed by atoms with Gasteiger partial charge in [-0.05, 0) is 43.2 Å². The number of hydrogen-bond acceptors (Lipinski definition) is 3. The highest BCUT2D eigenvalue weighted by Gasteiger charge is 2.26. The maximum atomic E-state index is 12.5. The van der Waals surface area contributed by atoms with Gasteiger partial charge in [-0.1, -0.05) is 19.9 Å². The zero-order valence-electron chi connectivity index (χ0n) is 12.5. The van der Waals surface area contributed by atoms with E-state index in [2.05, 4.69) is 19.2 Å². The molecule has 4 nitrogen and oxygen atoms in total. The molecule has 20 heavy (non-hydrogen) atoms. The molecule has 1 saturated carbocycles. The van der Waals surface area contributed by atoms with Gasteiger partial charge in [0, 0.05) is 11.7 Å². The first-order chi connectivity index (χ1) is 9.51. The molecule has 0 spiro atoms. The molecule has 1 fully saturated rings. The van der Waals surface area contributed by atoms with E-state index in [9.17, 15) is 4.79 Å². The lowest BCUT2D eigenvalue weighted by Gasteiger charge is -2.32. The van der Waals surface area contributed by atoms with E-state index in [-0.39, 0.29) is 11.9 Å². The summed E-state index contributed by atoms with van der Waals surface area (Å²) in [6, 6.07) is 5.50. The van der Waals surface area contributed by atoms with Crippen molar-refractivity contribution in [1.29, 1.82) is 0 Å². The lowest BCUT2D eigenvalue weighted by Crippen LogP contribution is -2.40. The Morgan fingerprint density at radius 3 is 2.50 bits per heavy atom. The molecule has 1 aliphatic rings. The number of nitrogen functional groups attached to an aromatic ring is 1. The Bertz CT molecular complexity index is 477. The molecule has 1 aromatic carbocycles. The van der Waals surface area contributed by atoms with Crippen molar-refractivity contribution in [2.75, 3.05) is 12.8 Å². The third-order valence-corrected chi connectivity index (χ3v) is 4.02. The summed E-state index contributed by atoms with van der Waals surface area (Å²) in [4.78, 5) is 12.5. The highest BCUT2D eigenvalue weighted by Crippen LogP contribution is 2.30. The summed E-state index contributed by atoms with van der Waals surface area (Å²) < 4.78 is 5.24. The summed E-state index contributed by atoms with van der Waals surface area (Å²) >= 11 is 0. The second-order valence-corrected chi connectivity index (χ2v) is 6.01. The quantitative estimate of drug-likeness (QED) is 0.834. The number of carbonyl (C=O) groups excluding carboxylic acids is 1. The predicted molar refractivity (Wildman–Crippen MR) is 80.8 cm³/mol. The molecule has 1 aromatic rings. The van der Waals surface area contributed by atoms with E-state index in [1.54, 1.807) is 25.3 Å². The Balaban J connectivity index is 2.12. The predicted octanol–water partition coefficient (Wildman–Crippen LogP) is 2.83. The molecule has 110 valence electrons. The van der Waals surface area contributed by atoms with E-state index in [0.717, 1.165) is 12.8 Å². The Morgan fingerprint density at radius 1 is 1.25 bits per heavy atom. The number of anilines is 1. The highest BCUT2D eigenvalue weighted by atomic mass is 16.5. The molecule has 1 amide bonds. The summed E-state index contributed by atoms with van der Waals surface area (Å²) in [5.41, 5.74) is 6.82. The van der Waals surface area contributed by atoms with Crippen LogP contribution in [0.4, 0.5) is 5.69 Å². The average molecular weight is 276 g/mol. The fourth-order valence-corrected chi connectivity index (χ4v) is 3.28. The molecular weight excluding hydrogens is 252 g/mol. The Labute approximate surface area is 120 Å². The highest BCUT2D eigenvalue weighted by molar-refractivity contribution is 6.02. The van der Waals surface area contributed by atoms with Crippen molar-refractivity contribution in [2.24, 2.45) is 11.8 Å². The third-order valence-electron chi connectivity index (χ3n) is 4.02. The van der Waals surface area contributed by atoms with Gasteiger partial charge in [0.2, 0.25) is 0 Å². The van der Waals surface area contributed by atoms with Crippen LogP contribution >= 0.6 is 0 Å². The normalized spacial score (nSPS) is 26.1. The molecule has 2 atom stereocenters. The van der Waals surface area contributed by atoms with Crippen LogP contribution in [0.5, 0.6) is 5.75 Å². The van der Waals surface area contributed by atoms with Crippen LogP contribution in [0.25, 0.3) is 0 Å². The Hall–Kier alpha value is -1.71. The van der Waals surface area contributed by atoms with Gasteiger partial charge < -0.3 is 15.8 Å². The van der Waals surface area contributed by atoms with E-state index < -0.39 is 0 Å². The van der Waals surface area contributed by atoms with Crippen molar-refractivity contribution in [3.8, 4) is 5.75 Å². The van der Waals surface area contributed by atoms with Crippen molar-refractivity contribution < 1.29 is 9.53 Å². The van der Waals surface area contributed by atoms with Gasteiger partial charge in [-0.3, -0.25) is 4.79 Å². The molecule has 0 heterocycles.